The summed E-state index contributed by atoms with van der Waals surface area (Å²) in [6, 6.07) is -14.2. The normalized spacial score (nSPS) is 26.5. The molecule has 0 bridgehead atoms. The predicted octanol–water partition coefficient (Wildman–Crippen LogP) is 9.03. The Bertz CT molecular complexity index is 2990. The Labute approximate surface area is 500 Å². The lowest BCUT2D eigenvalue weighted by molar-refractivity contribution is -0.142. The van der Waals surface area contributed by atoms with Gasteiger partial charge in [0, 0.05) is 114 Å². The Morgan fingerprint density at radius 1 is 0.378 bits per heavy atom. The first kappa shape index (κ1) is 34.1. The third-order valence-corrected chi connectivity index (χ3v) is 6.05. The summed E-state index contributed by atoms with van der Waals surface area (Å²) in [5.41, 5.74) is 0. The van der Waals surface area contributed by atoms with E-state index in [2.05, 4.69) is 16.0 Å². The standard InChI is InChI=1S/2C8H15NO3.5C8H17NO/c2*1-5(2)4-7(8(11)12)9-6(3)10;5*1-6(2)5-7(3)9-8(4)10/h2*5,7H,4H2,1-3H3,(H,9,10)(H,11,12);5*6-7H,5H2,1-4H3,(H,9,10)/t7*7-/m1100000/s1/i1D3,4D2,5D,7D;1D3,4D2,7D;5D2,6D,7D;1D3,5D2,7D;2*5D2,7D;1D3/hD3/t2*5?,7-;m;6?,7-;2m;6?,7-. The molecule has 0 radical (unpaired) electrons. The quantitative estimate of drug-likeness (QED) is 0.0465. The van der Waals surface area contributed by atoms with Crippen molar-refractivity contribution in [2.75, 3.05) is 0 Å². The summed E-state index contributed by atoms with van der Waals surface area (Å²) in [5, 5.41) is 26.8. The summed E-state index contributed by atoms with van der Waals surface area (Å²) in [6.07, 6.45) is -14.4. The highest BCUT2D eigenvalue weighted by molar-refractivity contribution is 5.82. The smallest absolute Gasteiger partial charge is 0.326 e. The molecule has 4 unspecified atom stereocenters. The predicted molar refractivity (Wildman–Crippen MR) is 303 cm³/mol. The number of hydrogen-bond donors (Lipinski definition) is 9. The summed E-state index contributed by atoms with van der Waals surface area (Å²) >= 11 is 0. The van der Waals surface area contributed by atoms with Gasteiger partial charge in [0.15, 0.2) is 4.24 Å². The van der Waals surface area contributed by atoms with Crippen LogP contribution >= 0.6 is 0 Å². The van der Waals surface area contributed by atoms with E-state index in [-0.39, 0.29) is 35.0 Å². The van der Waals surface area contributed by atoms with Gasteiger partial charge in [0.2, 0.25) is 41.4 Å². The molecule has 0 aliphatic carbocycles. The van der Waals surface area contributed by atoms with Gasteiger partial charge in [0.1, 0.15) is 12.0 Å². The van der Waals surface area contributed by atoms with E-state index in [9.17, 15) is 43.2 Å². The maximum atomic E-state index is 11.2. The molecule has 0 saturated carbocycles. The van der Waals surface area contributed by atoms with Crippen LogP contribution < -0.4 is 37.2 Å². The second kappa shape index (κ2) is 50.4. The first-order valence-corrected chi connectivity index (χ1v) is 22.9. The number of amides is 7. The van der Waals surface area contributed by atoms with Gasteiger partial charge in [0.25, 0.3) is 0 Å². The van der Waals surface area contributed by atoms with Gasteiger partial charge in [-0.1, -0.05) is 96.6 Å². The van der Waals surface area contributed by atoms with E-state index < -0.39 is 178 Å². The van der Waals surface area contributed by atoms with Crippen LogP contribution in [0.15, 0.2) is 0 Å². The monoisotopic (exact) mass is 1100 g/mol. The van der Waals surface area contributed by atoms with E-state index in [1.165, 1.54) is 55.4 Å². The first-order valence-electron chi connectivity index (χ1n) is 40.2. The lowest BCUT2D eigenvalue weighted by atomic mass is 10.0. The number of carboxylic acids is 2. The third kappa shape index (κ3) is 84.1. The molecular formula is C56H115N7O11. The van der Waals surface area contributed by atoms with E-state index in [1.54, 1.807) is 39.9 Å². The van der Waals surface area contributed by atoms with Gasteiger partial charge in [-0.05, 0) is 121 Å². The van der Waals surface area contributed by atoms with Crippen LogP contribution in [0.4, 0.5) is 0 Å². The molecule has 18 nitrogen and oxygen atoms in total. The van der Waals surface area contributed by atoms with Gasteiger partial charge in [-0.25, -0.2) is 9.59 Å². The molecule has 0 heterocycles. The van der Waals surface area contributed by atoms with Gasteiger partial charge in [-0.2, -0.15) is 0 Å². The Morgan fingerprint density at radius 2 is 0.716 bits per heavy atom. The molecule has 7 amide bonds. The van der Waals surface area contributed by atoms with Crippen LogP contribution in [0.3, 0.4) is 0 Å². The lowest BCUT2D eigenvalue weighted by Gasteiger charge is -2.14. The fourth-order valence-electron chi connectivity index (χ4n) is 4.62. The number of carboxylic acid groups (broad SMARTS) is 2. The van der Waals surface area contributed by atoms with Crippen LogP contribution in [0.1, 0.15) is 268 Å². The fraction of sp³-hybridized carbons (Fsp3) is 0.839. The molecule has 0 fully saturated rings. The second-order valence-corrected chi connectivity index (χ2v) is 16.6. The Balaban J connectivity index is -0.000000224. The number of nitrogens with one attached hydrogen (secondary N) is 7. The van der Waals surface area contributed by atoms with Gasteiger partial charge < -0.3 is 47.4 Å². The van der Waals surface area contributed by atoms with Crippen LogP contribution in [-0.2, 0) is 43.2 Å². The van der Waals surface area contributed by atoms with Gasteiger partial charge in [-0.3, -0.25) is 33.6 Å². The third-order valence-electron chi connectivity index (χ3n) is 6.05. The van der Waals surface area contributed by atoms with Crippen LogP contribution in [0, 0.1) is 41.4 Å². The molecule has 0 aliphatic rings. The Kier molecular flexibility index (Phi) is 23.2. The van der Waals surface area contributed by atoms with Crippen molar-refractivity contribution in [3.63, 3.8) is 0 Å². The van der Waals surface area contributed by atoms with Crippen molar-refractivity contribution in [2.24, 2.45) is 41.4 Å². The average Bonchev–Trinajstić information content (AvgIpc) is 0.723. The highest BCUT2D eigenvalue weighted by atomic mass is 16.4. The molecule has 18 heteroatoms. The molecule has 0 aliphatic heterocycles. The Morgan fingerprint density at radius 3 is 1.01 bits per heavy atom. The van der Waals surface area contributed by atoms with Crippen LogP contribution in [0.25, 0.3) is 0 Å². The molecule has 9 N–H and O–H groups in total. The molecule has 0 spiro atoms. The zero-order valence-electron chi connectivity index (χ0n) is 82.6. The van der Waals surface area contributed by atoms with Crippen LogP contribution in [0.5, 0.6) is 0 Å². The number of aliphatic carboxylic acids is 2. The second-order valence-electron chi connectivity index (χ2n) is 16.6. The van der Waals surface area contributed by atoms with E-state index in [0.29, 0.717) is 18.7 Å². The summed E-state index contributed by atoms with van der Waals surface area (Å²) < 4.78 is 261. The average molecular weight is 1100 g/mol. The van der Waals surface area contributed by atoms with Crippen molar-refractivity contribution < 1.29 is 101 Å². The summed E-state index contributed by atoms with van der Waals surface area (Å²) in [4.78, 5) is 98.2. The van der Waals surface area contributed by atoms with Crippen molar-refractivity contribution in [1.82, 2.24) is 37.2 Å². The highest BCUT2D eigenvalue weighted by Crippen LogP contribution is 2.08. The van der Waals surface area contributed by atoms with Gasteiger partial charge in [0.05, 0.1) is 8.22 Å². The SMILES string of the molecule is [2H]C(C)(C)C([2H])([2H])[C@]([2H])(C)NC(C)=O.[2H]C([2H])(C(C)C)[C@]([2H])(C)NC(C)=O.[2H]C([2H])([2H])C(C)C([2H])([2H])[C@@]([2H])(NC(C)=O)C(=O)O.[2H]C([2H])([2H])C(C)C[C@H](C)NC(C)=O.[2H]N(C(C)=O)[C@@]([2H])(C(=O)O)C([2H])([2H])C([2H])(C)C([2H])([2H])[2H].[2H]N(C(C)=O)[C@@]([2H])(C)C([2H])([2H])C(C)C.[2H]N(C(C)=O)[C@@]([2H])(C)C([2H])([2H])C(C)C([2H])([2H])[2H]. The summed E-state index contributed by atoms with van der Waals surface area (Å²) in [5.74, 6) is -17.7. The lowest BCUT2D eigenvalue weighted by Crippen LogP contribution is -2.40. The zero-order chi connectivity index (χ0) is 90.9. The molecule has 0 saturated heterocycles. The van der Waals surface area contributed by atoms with E-state index >= 15 is 0 Å². The minimum absolute atomic E-state index is 0.0760. The van der Waals surface area contributed by atoms with Crippen LogP contribution in [0.2, 0.25) is 4.24 Å². The van der Waals surface area contributed by atoms with Crippen molar-refractivity contribution in [1.29, 1.82) is 0 Å². The number of carbonyl (C=O) groups is 9. The molecule has 0 aromatic heterocycles. The molecule has 440 valence electrons. The molecule has 74 heavy (non-hydrogen) atoms. The minimum Gasteiger partial charge on any atom is -0.480 e. The maximum Gasteiger partial charge on any atom is 0.326 e. The topological polar surface area (TPSA) is 278 Å². The minimum atomic E-state index is -3.58. The zero-order valence-corrected chi connectivity index (χ0v) is 47.6. The number of carbonyl (C=O) groups excluding carboxylic acids is 7. The number of rotatable bonds is 23. The van der Waals surface area contributed by atoms with Crippen LogP contribution in [-0.4, -0.2) is 106 Å². The maximum absolute atomic E-state index is 11.2. The van der Waals surface area contributed by atoms with Gasteiger partial charge in [-0.15, -0.1) is 0 Å². The van der Waals surface area contributed by atoms with Crippen molar-refractivity contribution in [3.8, 4) is 0 Å². The molecular weight excluding hydrogens is 947 g/mol. The molecule has 0 aromatic rings. The van der Waals surface area contributed by atoms with Crippen molar-refractivity contribution in [2.45, 2.75) is 267 Å². The molecule has 0 rings (SSSR count). The highest BCUT2D eigenvalue weighted by Gasteiger charge is 2.20. The van der Waals surface area contributed by atoms with Crippen molar-refractivity contribution in [3.05, 3.63) is 0 Å². The van der Waals surface area contributed by atoms with Crippen molar-refractivity contribution >= 4 is 53.3 Å². The Hall–Kier alpha value is -4.77. The molecule has 0 aromatic carbocycles. The largest absolute Gasteiger partial charge is 0.480 e. The van der Waals surface area contributed by atoms with E-state index in [1.807, 2.05) is 6.92 Å². The number of hydrogen-bond acceptors (Lipinski definition) is 9. The fourth-order valence-corrected chi connectivity index (χ4v) is 4.62. The summed E-state index contributed by atoms with van der Waals surface area (Å²) in [6.45, 7) is 17.6. The van der Waals surface area contributed by atoms with E-state index in [4.69, 9.17) is 58.3 Å². The molecule has 11 atom stereocenters. The first-order chi connectivity index (χ1) is 46.9. The van der Waals surface area contributed by atoms with E-state index in [0.717, 1.165) is 48.5 Å². The van der Waals surface area contributed by atoms with Gasteiger partial charge >= 0.3 is 11.9 Å². The summed E-state index contributed by atoms with van der Waals surface area (Å²) in [7, 11) is 0.